The number of unbranched alkanes of at least 4 members (excludes halogenated alkanes) is 1. The number of rotatable bonds is 5. The highest BCUT2D eigenvalue weighted by Gasteiger charge is 2.02. The molecule has 0 saturated carbocycles. The van der Waals surface area contributed by atoms with Gasteiger partial charge in [0, 0.05) is 13.0 Å². The maximum Gasteiger partial charge on any atom is 0.263 e. The zero-order valence-corrected chi connectivity index (χ0v) is 7.63. The lowest BCUT2D eigenvalue weighted by Gasteiger charge is -1.90. The average molecular weight is 169 g/mol. The van der Waals surface area contributed by atoms with Crippen LogP contribution in [0.2, 0.25) is 0 Å². The smallest absolute Gasteiger partial charge is 0.263 e. The van der Waals surface area contributed by atoms with Gasteiger partial charge in [-0.2, -0.15) is 4.98 Å². The van der Waals surface area contributed by atoms with E-state index in [0.717, 1.165) is 31.7 Å². The number of aryl methyl sites for hydroxylation is 1. The van der Waals surface area contributed by atoms with E-state index in [2.05, 4.69) is 22.4 Å². The minimum atomic E-state index is 0.601. The van der Waals surface area contributed by atoms with Crippen molar-refractivity contribution in [2.24, 2.45) is 0 Å². The summed E-state index contributed by atoms with van der Waals surface area (Å²) in [5.74, 6) is 1.33. The van der Waals surface area contributed by atoms with Gasteiger partial charge < -0.3 is 9.84 Å². The fraction of sp³-hybridized carbons (Fsp3) is 0.750. The van der Waals surface area contributed by atoms with E-state index < -0.39 is 0 Å². The van der Waals surface area contributed by atoms with Gasteiger partial charge in [0.25, 0.3) is 5.95 Å². The van der Waals surface area contributed by atoms with Gasteiger partial charge in [0.2, 0.25) is 5.89 Å². The summed E-state index contributed by atoms with van der Waals surface area (Å²) >= 11 is 0. The van der Waals surface area contributed by atoms with Gasteiger partial charge in [0.15, 0.2) is 0 Å². The molecule has 0 aliphatic rings. The second kappa shape index (κ2) is 4.74. The first-order valence-electron chi connectivity index (χ1n) is 4.43. The molecule has 68 valence electrons. The summed E-state index contributed by atoms with van der Waals surface area (Å²) < 4.78 is 5.00. The first-order chi connectivity index (χ1) is 5.86. The molecule has 0 aromatic carbocycles. The Kier molecular flexibility index (Phi) is 3.57. The van der Waals surface area contributed by atoms with Crippen molar-refractivity contribution in [3.8, 4) is 0 Å². The number of nitrogens with zero attached hydrogens (tertiary/aromatic N) is 2. The lowest BCUT2D eigenvalue weighted by atomic mass is 10.2. The first-order valence-corrected chi connectivity index (χ1v) is 4.43. The Balaban J connectivity index is 2.41. The summed E-state index contributed by atoms with van der Waals surface area (Å²) in [5.41, 5.74) is 0. The highest BCUT2D eigenvalue weighted by Crippen LogP contribution is 2.05. The van der Waals surface area contributed by atoms with Crippen molar-refractivity contribution in [1.29, 1.82) is 0 Å². The third-order valence-corrected chi connectivity index (χ3v) is 1.55. The van der Waals surface area contributed by atoms with E-state index >= 15 is 0 Å². The molecule has 4 heteroatoms. The highest BCUT2D eigenvalue weighted by atomic mass is 16.5. The molecule has 0 unspecified atom stereocenters. The van der Waals surface area contributed by atoms with Gasteiger partial charge in [-0.1, -0.05) is 13.3 Å². The molecule has 4 nitrogen and oxygen atoms in total. The standard InChI is InChI=1S/C8H15N3O/c1-3-5-6-7-10-8(9-4-2)11-12-7/h3-6H2,1-2H3,(H,9,11). The molecule has 1 aromatic heterocycles. The molecular formula is C8H15N3O. The van der Waals surface area contributed by atoms with E-state index in [1.807, 2.05) is 6.92 Å². The predicted octanol–water partition coefficient (Wildman–Crippen LogP) is 1.84. The Morgan fingerprint density at radius 1 is 1.42 bits per heavy atom. The number of aromatic nitrogens is 2. The molecule has 0 spiro atoms. The molecule has 1 aromatic rings. The van der Waals surface area contributed by atoms with Gasteiger partial charge in [-0.3, -0.25) is 0 Å². The Bertz CT molecular complexity index is 222. The molecule has 1 rings (SSSR count). The van der Waals surface area contributed by atoms with Crippen LogP contribution < -0.4 is 5.32 Å². The van der Waals surface area contributed by atoms with Crippen LogP contribution in [-0.2, 0) is 6.42 Å². The van der Waals surface area contributed by atoms with Gasteiger partial charge in [0.05, 0.1) is 0 Å². The Morgan fingerprint density at radius 2 is 2.25 bits per heavy atom. The van der Waals surface area contributed by atoms with Crippen LogP contribution in [0, 0.1) is 0 Å². The lowest BCUT2D eigenvalue weighted by molar-refractivity contribution is 0.375. The van der Waals surface area contributed by atoms with Crippen molar-refractivity contribution in [2.75, 3.05) is 11.9 Å². The molecule has 0 saturated heterocycles. The number of nitrogens with one attached hydrogen (secondary N) is 1. The predicted molar refractivity (Wildman–Crippen MR) is 47.1 cm³/mol. The van der Waals surface area contributed by atoms with Crippen LogP contribution >= 0.6 is 0 Å². The summed E-state index contributed by atoms with van der Waals surface area (Å²) in [6, 6.07) is 0. The van der Waals surface area contributed by atoms with Gasteiger partial charge in [0.1, 0.15) is 0 Å². The Hall–Kier alpha value is -1.06. The van der Waals surface area contributed by atoms with Gasteiger partial charge in [-0.05, 0) is 18.5 Å². The molecule has 0 aliphatic carbocycles. The van der Waals surface area contributed by atoms with Crippen molar-refractivity contribution < 1.29 is 4.52 Å². The molecule has 0 aliphatic heterocycles. The minimum absolute atomic E-state index is 0.601. The van der Waals surface area contributed by atoms with Crippen molar-refractivity contribution in [2.45, 2.75) is 33.1 Å². The van der Waals surface area contributed by atoms with Crippen molar-refractivity contribution >= 4 is 5.95 Å². The monoisotopic (exact) mass is 169 g/mol. The summed E-state index contributed by atoms with van der Waals surface area (Å²) in [4.78, 5) is 4.15. The van der Waals surface area contributed by atoms with E-state index in [4.69, 9.17) is 4.52 Å². The SMILES string of the molecule is CCCCc1nc(NCC)no1. The van der Waals surface area contributed by atoms with E-state index in [1.54, 1.807) is 0 Å². The summed E-state index contributed by atoms with van der Waals surface area (Å²) in [5, 5.41) is 6.75. The molecule has 0 bridgehead atoms. The Labute approximate surface area is 72.4 Å². The molecule has 12 heavy (non-hydrogen) atoms. The maximum atomic E-state index is 5.00. The third kappa shape index (κ3) is 2.53. The van der Waals surface area contributed by atoms with E-state index in [0.29, 0.717) is 5.95 Å². The van der Waals surface area contributed by atoms with Crippen LogP contribution in [-0.4, -0.2) is 16.7 Å². The molecule has 1 heterocycles. The minimum Gasteiger partial charge on any atom is -0.352 e. The topological polar surface area (TPSA) is 51.0 Å². The zero-order valence-electron chi connectivity index (χ0n) is 7.63. The molecular weight excluding hydrogens is 154 g/mol. The third-order valence-electron chi connectivity index (χ3n) is 1.55. The quantitative estimate of drug-likeness (QED) is 0.730. The van der Waals surface area contributed by atoms with Crippen LogP contribution in [0.1, 0.15) is 32.6 Å². The van der Waals surface area contributed by atoms with E-state index in [9.17, 15) is 0 Å². The van der Waals surface area contributed by atoms with Crippen molar-refractivity contribution in [3.05, 3.63) is 5.89 Å². The van der Waals surface area contributed by atoms with Crippen molar-refractivity contribution in [3.63, 3.8) is 0 Å². The van der Waals surface area contributed by atoms with Crippen LogP contribution in [0.5, 0.6) is 0 Å². The summed E-state index contributed by atoms with van der Waals surface area (Å²) in [6.45, 7) is 4.97. The fourth-order valence-corrected chi connectivity index (χ4v) is 0.914. The van der Waals surface area contributed by atoms with Gasteiger partial charge in [-0.25, -0.2) is 0 Å². The van der Waals surface area contributed by atoms with Crippen LogP contribution in [0.15, 0.2) is 4.52 Å². The molecule has 0 fully saturated rings. The first kappa shape index (κ1) is 9.03. The average Bonchev–Trinajstić information content (AvgIpc) is 2.50. The fourth-order valence-electron chi connectivity index (χ4n) is 0.914. The van der Waals surface area contributed by atoms with Gasteiger partial charge in [-0.15, -0.1) is 0 Å². The largest absolute Gasteiger partial charge is 0.352 e. The van der Waals surface area contributed by atoms with Crippen LogP contribution in [0.25, 0.3) is 0 Å². The van der Waals surface area contributed by atoms with Gasteiger partial charge >= 0.3 is 0 Å². The second-order valence-corrected chi connectivity index (χ2v) is 2.65. The summed E-state index contributed by atoms with van der Waals surface area (Å²) in [6.07, 6.45) is 3.14. The number of hydrogen-bond donors (Lipinski definition) is 1. The van der Waals surface area contributed by atoms with Crippen LogP contribution in [0.4, 0.5) is 5.95 Å². The molecule has 0 amide bonds. The number of anilines is 1. The Morgan fingerprint density at radius 3 is 2.92 bits per heavy atom. The maximum absolute atomic E-state index is 5.00. The number of hydrogen-bond acceptors (Lipinski definition) is 4. The zero-order chi connectivity index (χ0) is 8.81. The normalized spacial score (nSPS) is 10.2. The highest BCUT2D eigenvalue weighted by molar-refractivity contribution is 5.20. The molecule has 1 N–H and O–H groups in total. The molecule has 0 atom stereocenters. The second-order valence-electron chi connectivity index (χ2n) is 2.65. The summed E-state index contributed by atoms with van der Waals surface area (Å²) in [7, 11) is 0. The van der Waals surface area contributed by atoms with E-state index in [1.165, 1.54) is 0 Å². The lowest BCUT2D eigenvalue weighted by Crippen LogP contribution is -1.98. The van der Waals surface area contributed by atoms with Crippen LogP contribution in [0.3, 0.4) is 0 Å². The molecule has 0 radical (unpaired) electrons. The van der Waals surface area contributed by atoms with Crippen molar-refractivity contribution in [1.82, 2.24) is 10.1 Å². The van der Waals surface area contributed by atoms with E-state index in [-0.39, 0.29) is 0 Å².